The van der Waals surface area contributed by atoms with Crippen LogP contribution in [-0.4, -0.2) is 66.0 Å². The SMILES string of the molecule is CCNC(=NCCCOCC(F)(F)F)N1CCC(C)C(n2ccnc2)C1.I. The van der Waals surface area contributed by atoms with Crippen molar-refractivity contribution in [3.8, 4) is 0 Å². The number of guanidine groups is 1. The van der Waals surface area contributed by atoms with Crippen LogP contribution >= 0.6 is 24.0 Å². The first kappa shape index (κ1) is 24.0. The van der Waals surface area contributed by atoms with Gasteiger partial charge < -0.3 is 19.5 Å². The predicted molar refractivity (Wildman–Crippen MR) is 110 cm³/mol. The second-order valence-corrected chi connectivity index (χ2v) is 6.55. The van der Waals surface area contributed by atoms with Gasteiger partial charge in [0.15, 0.2) is 5.96 Å². The lowest BCUT2D eigenvalue weighted by molar-refractivity contribution is -0.173. The molecule has 1 aromatic rings. The summed E-state index contributed by atoms with van der Waals surface area (Å²) in [6, 6.07) is 0.324. The van der Waals surface area contributed by atoms with Gasteiger partial charge in [0, 0.05) is 45.2 Å². The van der Waals surface area contributed by atoms with Gasteiger partial charge in [-0.3, -0.25) is 4.99 Å². The third kappa shape index (κ3) is 8.24. The Balaban J connectivity index is 0.00000364. The van der Waals surface area contributed by atoms with Crippen molar-refractivity contribution in [1.82, 2.24) is 19.8 Å². The second-order valence-electron chi connectivity index (χ2n) is 6.55. The number of likely N-dealkylation sites (tertiary alicyclic amines) is 1. The Labute approximate surface area is 175 Å². The average molecular weight is 503 g/mol. The zero-order chi connectivity index (χ0) is 19.0. The van der Waals surface area contributed by atoms with E-state index in [1.54, 1.807) is 6.20 Å². The van der Waals surface area contributed by atoms with Gasteiger partial charge in [0.05, 0.1) is 12.4 Å². The molecule has 0 saturated carbocycles. The summed E-state index contributed by atoms with van der Waals surface area (Å²) < 4.78 is 42.9. The maximum absolute atomic E-state index is 12.0. The predicted octanol–water partition coefficient (Wildman–Crippen LogP) is 3.32. The molecule has 1 saturated heterocycles. The van der Waals surface area contributed by atoms with E-state index in [0.717, 1.165) is 32.0 Å². The highest BCUT2D eigenvalue weighted by atomic mass is 127. The number of hydrogen-bond donors (Lipinski definition) is 1. The second kappa shape index (κ2) is 11.7. The van der Waals surface area contributed by atoms with Crippen molar-refractivity contribution in [2.75, 3.05) is 39.4 Å². The fourth-order valence-electron chi connectivity index (χ4n) is 3.06. The molecule has 0 bridgehead atoms. The van der Waals surface area contributed by atoms with Crippen LogP contribution in [-0.2, 0) is 4.74 Å². The van der Waals surface area contributed by atoms with Crippen molar-refractivity contribution in [2.45, 2.75) is 38.9 Å². The van der Waals surface area contributed by atoms with Gasteiger partial charge in [-0.2, -0.15) is 13.2 Å². The van der Waals surface area contributed by atoms with Crippen LogP contribution in [0.15, 0.2) is 23.7 Å². The quantitative estimate of drug-likeness (QED) is 0.269. The largest absolute Gasteiger partial charge is 0.411 e. The molecule has 1 fully saturated rings. The van der Waals surface area contributed by atoms with Crippen molar-refractivity contribution in [1.29, 1.82) is 0 Å². The van der Waals surface area contributed by atoms with Gasteiger partial charge in [-0.1, -0.05) is 6.92 Å². The maximum atomic E-state index is 12.0. The minimum Gasteiger partial charge on any atom is -0.372 e. The smallest absolute Gasteiger partial charge is 0.372 e. The summed E-state index contributed by atoms with van der Waals surface area (Å²) in [5.74, 6) is 1.35. The first-order chi connectivity index (χ1) is 12.4. The lowest BCUT2D eigenvalue weighted by atomic mass is 9.93. The number of hydrogen-bond acceptors (Lipinski definition) is 3. The molecule has 0 aromatic carbocycles. The van der Waals surface area contributed by atoms with Crippen LogP contribution in [0, 0.1) is 5.92 Å². The highest BCUT2D eigenvalue weighted by Gasteiger charge is 2.29. The van der Waals surface area contributed by atoms with Gasteiger partial charge in [0.25, 0.3) is 0 Å². The van der Waals surface area contributed by atoms with Crippen LogP contribution < -0.4 is 5.32 Å². The van der Waals surface area contributed by atoms with Gasteiger partial charge in [-0.15, -0.1) is 24.0 Å². The standard InChI is InChI=1S/C17H28F3N5O.HI/c1-3-22-16(23-6-4-10-26-12-17(18,19)20)24-8-5-14(2)15(11-24)25-9-7-21-13-25;/h7,9,13-15H,3-6,8,10-12H2,1-2H3,(H,22,23);1H. The summed E-state index contributed by atoms with van der Waals surface area (Å²) in [6.07, 6.45) is 2.83. The maximum Gasteiger partial charge on any atom is 0.411 e. The van der Waals surface area contributed by atoms with E-state index < -0.39 is 12.8 Å². The molecule has 1 aromatic heterocycles. The topological polar surface area (TPSA) is 54.7 Å². The molecule has 2 heterocycles. The van der Waals surface area contributed by atoms with Crippen molar-refractivity contribution in [2.24, 2.45) is 10.9 Å². The van der Waals surface area contributed by atoms with E-state index in [4.69, 9.17) is 0 Å². The van der Waals surface area contributed by atoms with Crippen LogP contribution in [0.3, 0.4) is 0 Å². The summed E-state index contributed by atoms with van der Waals surface area (Å²) in [4.78, 5) is 10.9. The first-order valence-corrected chi connectivity index (χ1v) is 9.06. The van der Waals surface area contributed by atoms with Gasteiger partial charge >= 0.3 is 6.18 Å². The molecule has 2 rings (SSSR count). The molecule has 27 heavy (non-hydrogen) atoms. The molecule has 10 heteroatoms. The number of piperidine rings is 1. The Morgan fingerprint density at radius 1 is 1.41 bits per heavy atom. The monoisotopic (exact) mass is 503 g/mol. The lowest BCUT2D eigenvalue weighted by Gasteiger charge is -2.39. The van der Waals surface area contributed by atoms with E-state index in [1.165, 1.54) is 0 Å². The van der Waals surface area contributed by atoms with Crippen LogP contribution in [0.4, 0.5) is 13.2 Å². The first-order valence-electron chi connectivity index (χ1n) is 9.06. The van der Waals surface area contributed by atoms with E-state index in [2.05, 4.69) is 36.4 Å². The molecular formula is C17H29F3IN5O. The minimum absolute atomic E-state index is 0. The van der Waals surface area contributed by atoms with Gasteiger partial charge in [-0.05, 0) is 25.7 Å². The normalized spacial score (nSPS) is 21.1. The van der Waals surface area contributed by atoms with E-state index >= 15 is 0 Å². The number of halogens is 4. The van der Waals surface area contributed by atoms with E-state index in [1.807, 2.05) is 19.4 Å². The Bertz CT molecular complexity index is 553. The van der Waals surface area contributed by atoms with Crippen molar-refractivity contribution in [3.05, 3.63) is 18.7 Å². The fraction of sp³-hybridized carbons (Fsp3) is 0.765. The van der Waals surface area contributed by atoms with Gasteiger partial charge in [0.1, 0.15) is 6.61 Å². The third-order valence-corrected chi connectivity index (χ3v) is 4.43. The summed E-state index contributed by atoms with van der Waals surface area (Å²) in [5.41, 5.74) is 0. The molecule has 0 aliphatic carbocycles. The third-order valence-electron chi connectivity index (χ3n) is 4.43. The van der Waals surface area contributed by atoms with E-state index in [0.29, 0.717) is 24.9 Å². The number of nitrogens with zero attached hydrogens (tertiary/aromatic N) is 4. The zero-order valence-corrected chi connectivity index (χ0v) is 18.1. The van der Waals surface area contributed by atoms with Crippen LogP contribution in [0.5, 0.6) is 0 Å². The summed E-state index contributed by atoms with van der Waals surface area (Å²) in [5, 5.41) is 3.28. The summed E-state index contributed by atoms with van der Waals surface area (Å²) >= 11 is 0. The van der Waals surface area contributed by atoms with Crippen molar-refractivity contribution in [3.63, 3.8) is 0 Å². The highest BCUT2D eigenvalue weighted by Crippen LogP contribution is 2.27. The summed E-state index contributed by atoms with van der Waals surface area (Å²) in [6.45, 7) is 6.00. The molecule has 1 N–H and O–H groups in total. The number of nitrogens with one attached hydrogen (secondary N) is 1. The molecule has 1 aliphatic rings. The van der Waals surface area contributed by atoms with Gasteiger partial charge in [-0.25, -0.2) is 4.98 Å². The molecule has 6 nitrogen and oxygen atoms in total. The van der Waals surface area contributed by atoms with Crippen molar-refractivity contribution < 1.29 is 17.9 Å². The molecule has 0 amide bonds. The zero-order valence-electron chi connectivity index (χ0n) is 15.8. The van der Waals surface area contributed by atoms with Gasteiger partial charge in [0.2, 0.25) is 0 Å². The molecule has 2 unspecified atom stereocenters. The highest BCUT2D eigenvalue weighted by molar-refractivity contribution is 14.0. The lowest BCUT2D eigenvalue weighted by Crippen LogP contribution is -2.49. The number of alkyl halides is 3. The van der Waals surface area contributed by atoms with Crippen LogP contribution in [0.1, 0.15) is 32.7 Å². The van der Waals surface area contributed by atoms with E-state index in [-0.39, 0.29) is 30.6 Å². The number of aliphatic imine (C=N–C) groups is 1. The number of aromatic nitrogens is 2. The number of ether oxygens (including phenoxy) is 1. The van der Waals surface area contributed by atoms with Crippen LogP contribution in [0.25, 0.3) is 0 Å². The Morgan fingerprint density at radius 2 is 2.19 bits per heavy atom. The van der Waals surface area contributed by atoms with E-state index in [9.17, 15) is 13.2 Å². The van der Waals surface area contributed by atoms with Crippen LogP contribution in [0.2, 0.25) is 0 Å². The molecular weight excluding hydrogens is 474 g/mol. The molecule has 1 aliphatic heterocycles. The Hall–Kier alpha value is -1.04. The minimum atomic E-state index is -4.27. The Kier molecular flexibility index (Phi) is 10.4. The number of imidazole rings is 1. The molecule has 2 atom stereocenters. The fourth-order valence-corrected chi connectivity index (χ4v) is 3.06. The van der Waals surface area contributed by atoms with Crippen molar-refractivity contribution >= 4 is 29.9 Å². The average Bonchev–Trinajstić information content (AvgIpc) is 3.11. The number of rotatable bonds is 7. The molecule has 0 radical (unpaired) electrons. The molecule has 156 valence electrons. The summed E-state index contributed by atoms with van der Waals surface area (Å²) in [7, 11) is 0. The Morgan fingerprint density at radius 3 is 2.81 bits per heavy atom. The molecule has 0 spiro atoms.